The molecule has 0 radical (unpaired) electrons. The summed E-state index contributed by atoms with van der Waals surface area (Å²) in [7, 11) is 1.98. The van der Waals surface area contributed by atoms with Crippen LogP contribution in [-0.4, -0.2) is 24.7 Å². The van der Waals surface area contributed by atoms with Crippen LogP contribution in [0.2, 0.25) is 0 Å². The molecule has 19 heavy (non-hydrogen) atoms. The molecule has 1 N–H and O–H groups in total. The molecule has 2 unspecified atom stereocenters. The molecule has 0 amide bonds. The lowest BCUT2D eigenvalue weighted by molar-refractivity contribution is 0.0337. The molecule has 1 aromatic carbocycles. The first kappa shape index (κ1) is 14.0. The van der Waals surface area contributed by atoms with Crippen LogP contribution in [0.5, 0.6) is 0 Å². The summed E-state index contributed by atoms with van der Waals surface area (Å²) in [6, 6.07) is 10.6. The summed E-state index contributed by atoms with van der Waals surface area (Å²) < 4.78 is 5.86. The van der Waals surface area contributed by atoms with E-state index in [0.29, 0.717) is 0 Å². The second-order valence-corrected chi connectivity index (χ2v) is 4.59. The van der Waals surface area contributed by atoms with Crippen molar-refractivity contribution in [3.63, 3.8) is 0 Å². The molecule has 2 atom stereocenters. The summed E-state index contributed by atoms with van der Waals surface area (Å²) >= 11 is 0. The first-order valence-corrected chi connectivity index (χ1v) is 6.94. The Balaban J connectivity index is 2.45. The Labute approximate surface area is 115 Å². The zero-order valence-corrected chi connectivity index (χ0v) is 11.9. The molecule has 1 heterocycles. The molecule has 0 saturated heterocycles. The highest BCUT2D eigenvalue weighted by atomic mass is 16.5. The standard InChI is InChI=1S/C16H22N2O/c1-4-14(19-5-2)16(17-3)13-10-6-8-12-9-7-11-18-15(12)13/h6-11,14,16-17H,4-5H2,1-3H3. The lowest BCUT2D eigenvalue weighted by Crippen LogP contribution is -2.31. The zero-order valence-electron chi connectivity index (χ0n) is 11.9. The van der Waals surface area contributed by atoms with Crippen LogP contribution >= 0.6 is 0 Å². The van der Waals surface area contributed by atoms with E-state index in [1.165, 1.54) is 10.9 Å². The van der Waals surface area contributed by atoms with Gasteiger partial charge in [0.1, 0.15) is 0 Å². The molecular formula is C16H22N2O. The van der Waals surface area contributed by atoms with Gasteiger partial charge in [0.05, 0.1) is 17.7 Å². The largest absolute Gasteiger partial charge is 0.377 e. The van der Waals surface area contributed by atoms with Crippen LogP contribution in [-0.2, 0) is 4.74 Å². The molecule has 1 aromatic heterocycles. The van der Waals surface area contributed by atoms with Crippen molar-refractivity contribution < 1.29 is 4.74 Å². The number of nitrogens with zero attached hydrogens (tertiary/aromatic N) is 1. The maximum Gasteiger partial charge on any atom is 0.0767 e. The number of fused-ring (bicyclic) bond motifs is 1. The van der Waals surface area contributed by atoms with Gasteiger partial charge in [0, 0.05) is 18.2 Å². The molecule has 0 aliphatic rings. The molecule has 0 spiro atoms. The van der Waals surface area contributed by atoms with Gasteiger partial charge in [-0.2, -0.15) is 0 Å². The maximum absolute atomic E-state index is 5.86. The average molecular weight is 258 g/mol. The van der Waals surface area contributed by atoms with Gasteiger partial charge < -0.3 is 10.1 Å². The summed E-state index contributed by atoms with van der Waals surface area (Å²) in [5, 5.41) is 4.55. The second kappa shape index (κ2) is 6.64. The smallest absolute Gasteiger partial charge is 0.0767 e. The van der Waals surface area contributed by atoms with Gasteiger partial charge in [0.15, 0.2) is 0 Å². The van der Waals surface area contributed by atoms with Gasteiger partial charge in [-0.25, -0.2) is 0 Å². The van der Waals surface area contributed by atoms with Gasteiger partial charge in [0.2, 0.25) is 0 Å². The van der Waals surface area contributed by atoms with Crippen LogP contribution in [0.25, 0.3) is 10.9 Å². The number of pyridine rings is 1. The average Bonchev–Trinajstić information content (AvgIpc) is 2.47. The fraction of sp³-hybridized carbons (Fsp3) is 0.438. The Bertz CT molecular complexity index is 522. The lowest BCUT2D eigenvalue weighted by atomic mass is 9.97. The third-order valence-electron chi connectivity index (χ3n) is 3.46. The summed E-state index contributed by atoms with van der Waals surface area (Å²) in [5.41, 5.74) is 2.27. The van der Waals surface area contributed by atoms with Gasteiger partial charge in [-0.15, -0.1) is 0 Å². The highest BCUT2D eigenvalue weighted by molar-refractivity contribution is 5.82. The van der Waals surface area contributed by atoms with Gasteiger partial charge in [-0.1, -0.05) is 31.2 Å². The topological polar surface area (TPSA) is 34.1 Å². The number of rotatable bonds is 6. The van der Waals surface area contributed by atoms with E-state index in [1.54, 1.807) is 0 Å². The van der Waals surface area contributed by atoms with E-state index in [4.69, 9.17) is 4.74 Å². The van der Waals surface area contributed by atoms with Crippen LogP contribution in [0.15, 0.2) is 36.5 Å². The van der Waals surface area contributed by atoms with Crippen molar-refractivity contribution in [2.24, 2.45) is 0 Å². The molecule has 0 saturated carbocycles. The number of likely N-dealkylation sites (N-methyl/N-ethyl adjacent to an activating group) is 1. The predicted octanol–water partition coefficient (Wildman–Crippen LogP) is 3.31. The van der Waals surface area contributed by atoms with Crippen molar-refractivity contribution in [2.75, 3.05) is 13.7 Å². The van der Waals surface area contributed by atoms with Gasteiger partial charge >= 0.3 is 0 Å². The number of benzene rings is 1. The number of hydrogen-bond acceptors (Lipinski definition) is 3. The Hall–Kier alpha value is -1.45. The number of ether oxygens (including phenoxy) is 1. The van der Waals surface area contributed by atoms with Gasteiger partial charge in [-0.3, -0.25) is 4.98 Å². The van der Waals surface area contributed by atoms with E-state index in [2.05, 4.69) is 41.5 Å². The van der Waals surface area contributed by atoms with E-state index in [9.17, 15) is 0 Å². The van der Waals surface area contributed by atoms with E-state index >= 15 is 0 Å². The fourth-order valence-corrected chi connectivity index (χ4v) is 2.58. The molecule has 0 aliphatic carbocycles. The third-order valence-corrected chi connectivity index (χ3v) is 3.46. The molecule has 0 fully saturated rings. The highest BCUT2D eigenvalue weighted by Gasteiger charge is 2.22. The van der Waals surface area contributed by atoms with Crippen molar-refractivity contribution in [1.82, 2.24) is 10.3 Å². The minimum Gasteiger partial charge on any atom is -0.377 e. The SMILES string of the molecule is CCOC(CC)C(NC)c1cccc2cccnc12. The Morgan fingerprint density at radius 2 is 2.00 bits per heavy atom. The Morgan fingerprint density at radius 1 is 1.21 bits per heavy atom. The maximum atomic E-state index is 5.86. The molecule has 3 heteroatoms. The Morgan fingerprint density at radius 3 is 2.68 bits per heavy atom. The normalized spacial score (nSPS) is 14.5. The van der Waals surface area contributed by atoms with E-state index in [1.807, 2.05) is 26.2 Å². The van der Waals surface area contributed by atoms with Crippen LogP contribution < -0.4 is 5.32 Å². The molecule has 0 bridgehead atoms. The molecule has 102 valence electrons. The second-order valence-electron chi connectivity index (χ2n) is 4.59. The van der Waals surface area contributed by atoms with Crippen LogP contribution in [0.4, 0.5) is 0 Å². The fourth-order valence-electron chi connectivity index (χ4n) is 2.58. The highest BCUT2D eigenvalue weighted by Crippen LogP contribution is 2.27. The summed E-state index contributed by atoms with van der Waals surface area (Å²) in [4.78, 5) is 4.53. The minimum atomic E-state index is 0.169. The molecule has 0 aliphatic heterocycles. The van der Waals surface area contributed by atoms with Crippen molar-refractivity contribution in [1.29, 1.82) is 0 Å². The molecule has 2 rings (SSSR count). The zero-order chi connectivity index (χ0) is 13.7. The first-order valence-electron chi connectivity index (χ1n) is 6.94. The van der Waals surface area contributed by atoms with Crippen LogP contribution in [0.3, 0.4) is 0 Å². The van der Waals surface area contributed by atoms with Gasteiger partial charge in [-0.05, 0) is 32.0 Å². The van der Waals surface area contributed by atoms with Crippen molar-refractivity contribution in [3.05, 3.63) is 42.1 Å². The molecule has 2 aromatic rings. The number of para-hydroxylation sites is 1. The van der Waals surface area contributed by atoms with Crippen molar-refractivity contribution >= 4 is 10.9 Å². The van der Waals surface area contributed by atoms with Gasteiger partial charge in [0.25, 0.3) is 0 Å². The number of hydrogen-bond donors (Lipinski definition) is 1. The molecular weight excluding hydrogens is 236 g/mol. The van der Waals surface area contributed by atoms with Crippen molar-refractivity contribution in [3.8, 4) is 0 Å². The summed E-state index contributed by atoms with van der Waals surface area (Å²) in [6.07, 6.45) is 2.99. The minimum absolute atomic E-state index is 0.169. The monoisotopic (exact) mass is 258 g/mol. The van der Waals surface area contributed by atoms with Crippen LogP contribution in [0.1, 0.15) is 31.9 Å². The Kier molecular flexibility index (Phi) is 4.88. The third kappa shape index (κ3) is 2.94. The number of aromatic nitrogens is 1. The van der Waals surface area contributed by atoms with E-state index < -0.39 is 0 Å². The quantitative estimate of drug-likeness (QED) is 0.863. The lowest BCUT2D eigenvalue weighted by Gasteiger charge is -2.26. The molecule has 3 nitrogen and oxygen atoms in total. The summed E-state index contributed by atoms with van der Waals surface area (Å²) in [5.74, 6) is 0. The van der Waals surface area contributed by atoms with E-state index in [-0.39, 0.29) is 12.1 Å². The first-order chi connectivity index (χ1) is 9.31. The van der Waals surface area contributed by atoms with E-state index in [0.717, 1.165) is 18.5 Å². The van der Waals surface area contributed by atoms with Crippen LogP contribution in [0, 0.1) is 0 Å². The summed E-state index contributed by atoms with van der Waals surface area (Å²) in [6.45, 7) is 4.93. The number of nitrogens with one attached hydrogen (secondary N) is 1. The van der Waals surface area contributed by atoms with Crippen molar-refractivity contribution in [2.45, 2.75) is 32.4 Å². The predicted molar refractivity (Wildman–Crippen MR) is 79.2 cm³/mol.